The maximum absolute atomic E-state index is 11.9. The Kier molecular flexibility index (Phi) is 10.4. The molecule has 2 rings (SSSR count). The second-order valence-corrected chi connectivity index (χ2v) is 16.0. The first kappa shape index (κ1) is 29.0. The van der Waals surface area contributed by atoms with Gasteiger partial charge in [-0.1, -0.05) is 38.7 Å². The zero-order chi connectivity index (χ0) is 25.6. The molecule has 2 saturated heterocycles. The summed E-state index contributed by atoms with van der Waals surface area (Å²) in [5, 5.41) is 6.79. The molecule has 5 unspecified atom stereocenters. The number of azide groups is 1. The summed E-state index contributed by atoms with van der Waals surface area (Å²) in [6, 6.07) is -0.524. The van der Waals surface area contributed by atoms with Crippen LogP contribution in [0.25, 0.3) is 10.4 Å². The van der Waals surface area contributed by atoms with Gasteiger partial charge in [-0.3, -0.25) is 4.79 Å². The van der Waals surface area contributed by atoms with Crippen molar-refractivity contribution < 1.29 is 28.2 Å². The predicted octanol–water partition coefficient (Wildman–Crippen LogP) is 4.65. The molecule has 10 nitrogen and oxygen atoms in total. The molecule has 0 bridgehead atoms. The zero-order valence-electron chi connectivity index (χ0n) is 22.1. The second kappa shape index (κ2) is 12.2. The third-order valence-electron chi connectivity index (χ3n) is 6.77. The monoisotopic (exact) mass is 500 g/mol. The summed E-state index contributed by atoms with van der Waals surface area (Å²) in [6.45, 7) is 17.8. The molecule has 11 heteroatoms. The number of hydrogen-bond donors (Lipinski definition) is 1. The van der Waals surface area contributed by atoms with E-state index in [0.717, 1.165) is 32.3 Å². The van der Waals surface area contributed by atoms with E-state index in [4.69, 9.17) is 28.9 Å². The lowest BCUT2D eigenvalue weighted by atomic mass is 9.96. The first-order valence-corrected chi connectivity index (χ1v) is 15.2. The van der Waals surface area contributed by atoms with E-state index in [1.165, 1.54) is 6.92 Å². The number of carbonyl (C=O) groups excluding carboxylic acids is 1. The molecule has 0 aromatic rings. The van der Waals surface area contributed by atoms with Gasteiger partial charge in [0.1, 0.15) is 18.2 Å². The number of nitrogens with zero attached hydrogens (tertiary/aromatic N) is 3. The fraction of sp³-hybridized carbons (Fsp3) is 0.957. The summed E-state index contributed by atoms with van der Waals surface area (Å²) in [7, 11) is -1.69. The van der Waals surface area contributed by atoms with E-state index in [9.17, 15) is 4.79 Å². The van der Waals surface area contributed by atoms with Gasteiger partial charge in [0.15, 0.2) is 20.4 Å². The Labute approximate surface area is 205 Å². The summed E-state index contributed by atoms with van der Waals surface area (Å²) >= 11 is 0. The summed E-state index contributed by atoms with van der Waals surface area (Å²) in [5.74, 6) is -1.05. The zero-order valence-corrected chi connectivity index (χ0v) is 23.1. The van der Waals surface area contributed by atoms with Crippen molar-refractivity contribution in [1.29, 1.82) is 0 Å². The molecule has 2 aliphatic heterocycles. The topological polar surface area (TPSA) is 124 Å². The molecular weight excluding hydrogens is 456 g/mol. The second-order valence-electron chi connectivity index (χ2n) is 11.1. The van der Waals surface area contributed by atoms with Gasteiger partial charge in [0.2, 0.25) is 5.91 Å². The van der Waals surface area contributed by atoms with Gasteiger partial charge >= 0.3 is 0 Å². The lowest BCUT2D eigenvalue weighted by molar-refractivity contribution is -0.242. The number of amides is 1. The molecule has 34 heavy (non-hydrogen) atoms. The van der Waals surface area contributed by atoms with Crippen molar-refractivity contribution in [2.45, 2.75) is 122 Å². The molecule has 1 amide bonds. The van der Waals surface area contributed by atoms with Crippen LogP contribution in [0.3, 0.4) is 0 Å². The lowest BCUT2D eigenvalue weighted by Crippen LogP contribution is -2.63. The molecule has 0 saturated carbocycles. The van der Waals surface area contributed by atoms with Gasteiger partial charge in [0.25, 0.3) is 0 Å². The molecule has 0 aromatic heterocycles. The van der Waals surface area contributed by atoms with Crippen molar-refractivity contribution >= 4 is 14.2 Å². The smallest absolute Gasteiger partial charge is 0.217 e. The van der Waals surface area contributed by atoms with Crippen LogP contribution in [-0.4, -0.2) is 70.4 Å². The SMILES string of the molecule is CC(=O)NC1C(OCCCCCCO[Si](C)(C)C(C)(C)C)OC(CN=[N+]=[N-])C2OC(C)(C)OC12. The first-order valence-electron chi connectivity index (χ1n) is 12.3. The van der Waals surface area contributed by atoms with E-state index in [1.54, 1.807) is 0 Å². The number of ether oxygens (including phenoxy) is 4. The highest BCUT2D eigenvalue weighted by molar-refractivity contribution is 6.74. The van der Waals surface area contributed by atoms with E-state index >= 15 is 0 Å². The molecule has 5 atom stereocenters. The molecule has 0 spiro atoms. The van der Waals surface area contributed by atoms with Crippen LogP contribution in [0.5, 0.6) is 0 Å². The minimum atomic E-state index is -1.69. The Morgan fingerprint density at radius 3 is 2.32 bits per heavy atom. The van der Waals surface area contributed by atoms with Crippen molar-refractivity contribution in [1.82, 2.24) is 5.32 Å². The third-order valence-corrected chi connectivity index (χ3v) is 11.3. The van der Waals surface area contributed by atoms with Crippen LogP contribution in [0, 0.1) is 0 Å². The van der Waals surface area contributed by atoms with Crippen molar-refractivity contribution in [2.24, 2.45) is 5.11 Å². The predicted molar refractivity (Wildman–Crippen MR) is 132 cm³/mol. The minimum absolute atomic E-state index is 0.0952. The van der Waals surface area contributed by atoms with Crippen LogP contribution in [0.4, 0.5) is 0 Å². The maximum Gasteiger partial charge on any atom is 0.217 e. The fourth-order valence-corrected chi connectivity index (χ4v) is 5.05. The highest BCUT2D eigenvalue weighted by Crippen LogP contribution is 2.38. The van der Waals surface area contributed by atoms with E-state index in [1.807, 2.05) is 13.8 Å². The van der Waals surface area contributed by atoms with Gasteiger partial charge in [0, 0.05) is 25.0 Å². The highest BCUT2D eigenvalue weighted by atomic mass is 28.4. The number of rotatable bonds is 12. The number of carbonyl (C=O) groups is 1. The molecule has 1 N–H and O–H groups in total. The van der Waals surface area contributed by atoms with Crippen molar-refractivity contribution in [3.05, 3.63) is 10.4 Å². The maximum atomic E-state index is 11.9. The summed E-state index contributed by atoms with van der Waals surface area (Å²) in [4.78, 5) is 14.7. The summed E-state index contributed by atoms with van der Waals surface area (Å²) in [6.07, 6.45) is 1.78. The molecule has 0 aromatic carbocycles. The fourth-order valence-electron chi connectivity index (χ4n) is 3.96. The largest absolute Gasteiger partial charge is 0.417 e. The highest BCUT2D eigenvalue weighted by Gasteiger charge is 2.55. The van der Waals surface area contributed by atoms with Crippen LogP contribution < -0.4 is 5.32 Å². The number of hydrogen-bond acceptors (Lipinski definition) is 7. The Hall–Kier alpha value is -1.20. The third kappa shape index (κ3) is 8.19. The van der Waals surface area contributed by atoms with E-state index in [-0.39, 0.29) is 17.5 Å². The molecular formula is C23H44N4O6Si. The Morgan fingerprint density at radius 2 is 1.74 bits per heavy atom. The van der Waals surface area contributed by atoms with E-state index in [0.29, 0.717) is 6.61 Å². The van der Waals surface area contributed by atoms with Crippen molar-refractivity contribution in [2.75, 3.05) is 19.8 Å². The van der Waals surface area contributed by atoms with E-state index < -0.39 is 44.7 Å². The summed E-state index contributed by atoms with van der Waals surface area (Å²) in [5.41, 5.74) is 8.76. The van der Waals surface area contributed by atoms with Gasteiger partial charge in [0.05, 0.1) is 12.6 Å². The molecule has 2 aliphatic rings. The average molecular weight is 501 g/mol. The first-order chi connectivity index (χ1) is 15.8. The molecule has 2 fully saturated rings. The van der Waals surface area contributed by atoms with Gasteiger partial charge in [-0.2, -0.15) is 0 Å². The number of nitrogens with one attached hydrogen (secondary N) is 1. The van der Waals surface area contributed by atoms with Crippen LogP contribution in [0.1, 0.15) is 67.2 Å². The normalized spacial score (nSPS) is 28.8. The lowest BCUT2D eigenvalue weighted by Gasteiger charge is -2.41. The van der Waals surface area contributed by atoms with Crippen LogP contribution in [0.2, 0.25) is 18.1 Å². The van der Waals surface area contributed by atoms with Gasteiger partial charge < -0.3 is 28.7 Å². The van der Waals surface area contributed by atoms with E-state index in [2.05, 4.69) is 49.2 Å². The Morgan fingerprint density at radius 1 is 1.12 bits per heavy atom. The number of fused-ring (bicyclic) bond motifs is 1. The van der Waals surface area contributed by atoms with Crippen LogP contribution in [-0.2, 0) is 28.2 Å². The number of unbranched alkanes of at least 4 members (excludes halogenated alkanes) is 3. The molecule has 0 aliphatic carbocycles. The van der Waals surface area contributed by atoms with Crippen molar-refractivity contribution in [3.8, 4) is 0 Å². The molecule has 2 heterocycles. The quantitative estimate of drug-likeness (QED) is 0.137. The van der Waals surface area contributed by atoms with Gasteiger partial charge in [-0.15, -0.1) is 0 Å². The Bertz CT molecular complexity index is 723. The van der Waals surface area contributed by atoms with Crippen molar-refractivity contribution in [3.63, 3.8) is 0 Å². The van der Waals surface area contributed by atoms with Crippen LogP contribution >= 0.6 is 0 Å². The van der Waals surface area contributed by atoms with Gasteiger partial charge in [-0.25, -0.2) is 0 Å². The minimum Gasteiger partial charge on any atom is -0.417 e. The average Bonchev–Trinajstić information content (AvgIpc) is 3.04. The van der Waals surface area contributed by atoms with Crippen LogP contribution in [0.15, 0.2) is 5.11 Å². The Balaban J connectivity index is 1.85. The standard InChI is InChI=1S/C23H44N4O6Si/c1-16(28)26-18-20-19(32-23(5,6)33-20)17(15-25-27-24)31-21(18)29-13-11-9-10-12-14-30-34(7,8)22(2,3)4/h17-21H,9-15H2,1-8H3,(H,26,28). The summed E-state index contributed by atoms with van der Waals surface area (Å²) < 4.78 is 30.5. The van der Waals surface area contributed by atoms with Gasteiger partial charge in [-0.05, 0) is 50.4 Å². The molecule has 0 radical (unpaired) electrons. The molecule has 196 valence electrons.